The molecule has 0 aliphatic heterocycles. The van der Waals surface area contributed by atoms with Gasteiger partial charge in [0.1, 0.15) is 5.75 Å². The second-order valence-corrected chi connectivity index (χ2v) is 7.72. The summed E-state index contributed by atoms with van der Waals surface area (Å²) in [6.07, 6.45) is 1.02. The second kappa shape index (κ2) is 8.74. The molecule has 10 heteroatoms. The summed E-state index contributed by atoms with van der Waals surface area (Å²) < 4.78 is 40.8. The molecule has 0 aliphatic carbocycles. The molecule has 1 N–H and O–H groups in total. The maximum Gasteiger partial charge on any atom is 0.338 e. The van der Waals surface area contributed by atoms with Gasteiger partial charge in [0.2, 0.25) is 15.8 Å². The van der Waals surface area contributed by atoms with Crippen molar-refractivity contribution in [3.05, 3.63) is 60.0 Å². The summed E-state index contributed by atoms with van der Waals surface area (Å²) >= 11 is 0. The van der Waals surface area contributed by atoms with E-state index in [0.29, 0.717) is 23.7 Å². The van der Waals surface area contributed by atoms with Crippen LogP contribution in [0.2, 0.25) is 0 Å². The summed E-state index contributed by atoms with van der Waals surface area (Å²) in [7, 11) is -3.45. The number of carbonyl (C=O) groups is 1. The summed E-state index contributed by atoms with van der Waals surface area (Å²) in [5.74, 6) is 0.399. The van der Waals surface area contributed by atoms with Crippen molar-refractivity contribution in [1.82, 2.24) is 10.1 Å². The topological polar surface area (TPSA) is 121 Å². The molecule has 0 atom stereocenters. The summed E-state index contributed by atoms with van der Waals surface area (Å²) in [5, 5.41) is 3.90. The van der Waals surface area contributed by atoms with Crippen LogP contribution in [0.5, 0.6) is 5.75 Å². The number of sulfonamides is 1. The molecular formula is C19H19N3O6S. The molecule has 1 aromatic heterocycles. The maximum absolute atomic E-state index is 12.2. The number of benzene rings is 2. The molecule has 3 aromatic rings. The van der Waals surface area contributed by atoms with Gasteiger partial charge in [0.05, 0.1) is 24.0 Å². The van der Waals surface area contributed by atoms with E-state index in [1.807, 2.05) is 19.1 Å². The highest BCUT2D eigenvalue weighted by Crippen LogP contribution is 2.27. The molecule has 3 rings (SSSR count). The number of ether oxygens (including phenoxy) is 2. The Morgan fingerprint density at radius 2 is 1.97 bits per heavy atom. The van der Waals surface area contributed by atoms with E-state index in [-0.39, 0.29) is 23.7 Å². The SMILES string of the molecule is CCOc1ccccc1-c1noc(COC(=O)c2cccc(NS(C)(=O)=O)c2)n1. The Bertz CT molecular complexity index is 1110. The minimum absolute atomic E-state index is 0.116. The predicted molar refractivity (Wildman–Crippen MR) is 105 cm³/mol. The lowest BCUT2D eigenvalue weighted by molar-refractivity contribution is 0.0430. The van der Waals surface area contributed by atoms with Gasteiger partial charge in [-0.3, -0.25) is 4.72 Å². The molecule has 1 heterocycles. The Kier molecular flexibility index (Phi) is 6.13. The van der Waals surface area contributed by atoms with Gasteiger partial charge in [-0.1, -0.05) is 23.4 Å². The van der Waals surface area contributed by atoms with Crippen LogP contribution < -0.4 is 9.46 Å². The highest BCUT2D eigenvalue weighted by Gasteiger charge is 2.15. The second-order valence-electron chi connectivity index (χ2n) is 5.97. The number of anilines is 1. The zero-order valence-corrected chi connectivity index (χ0v) is 16.6. The van der Waals surface area contributed by atoms with Crippen LogP contribution in [-0.2, 0) is 21.4 Å². The first-order valence-electron chi connectivity index (χ1n) is 8.65. The van der Waals surface area contributed by atoms with Gasteiger partial charge in [-0.2, -0.15) is 4.98 Å². The molecule has 2 aromatic carbocycles. The third-order valence-corrected chi connectivity index (χ3v) is 4.23. The van der Waals surface area contributed by atoms with Gasteiger partial charge in [0.15, 0.2) is 6.61 Å². The van der Waals surface area contributed by atoms with Crippen LogP contribution in [0.3, 0.4) is 0 Å². The number of hydrogen-bond acceptors (Lipinski definition) is 8. The van der Waals surface area contributed by atoms with Crippen LogP contribution in [0.25, 0.3) is 11.4 Å². The molecule has 0 unspecified atom stereocenters. The molecule has 0 radical (unpaired) electrons. The van der Waals surface area contributed by atoms with Crippen molar-refractivity contribution < 1.29 is 27.2 Å². The Morgan fingerprint density at radius 3 is 2.72 bits per heavy atom. The van der Waals surface area contributed by atoms with Crippen molar-refractivity contribution in [2.75, 3.05) is 17.6 Å². The summed E-state index contributed by atoms with van der Waals surface area (Å²) in [5.41, 5.74) is 1.10. The Balaban J connectivity index is 1.67. The van der Waals surface area contributed by atoms with Gasteiger partial charge in [-0.25, -0.2) is 13.2 Å². The van der Waals surface area contributed by atoms with E-state index in [4.69, 9.17) is 14.0 Å². The van der Waals surface area contributed by atoms with Crippen LogP contribution >= 0.6 is 0 Å². The van der Waals surface area contributed by atoms with Crippen LogP contribution in [-0.4, -0.2) is 37.4 Å². The van der Waals surface area contributed by atoms with Gasteiger partial charge in [0, 0.05) is 5.69 Å². The van der Waals surface area contributed by atoms with Crippen molar-refractivity contribution in [3.8, 4) is 17.1 Å². The van der Waals surface area contributed by atoms with Gasteiger partial charge < -0.3 is 14.0 Å². The van der Waals surface area contributed by atoms with E-state index in [0.717, 1.165) is 6.26 Å². The smallest absolute Gasteiger partial charge is 0.338 e. The highest BCUT2D eigenvalue weighted by molar-refractivity contribution is 7.92. The molecule has 0 fully saturated rings. The lowest BCUT2D eigenvalue weighted by atomic mass is 10.2. The summed E-state index contributed by atoms with van der Waals surface area (Å²) in [6, 6.07) is 13.2. The van der Waals surface area contributed by atoms with E-state index >= 15 is 0 Å². The van der Waals surface area contributed by atoms with Crippen molar-refractivity contribution in [3.63, 3.8) is 0 Å². The normalized spacial score (nSPS) is 11.1. The lowest BCUT2D eigenvalue weighted by Crippen LogP contribution is -2.11. The number of nitrogens with zero attached hydrogens (tertiary/aromatic N) is 2. The molecule has 0 amide bonds. The van der Waals surface area contributed by atoms with Gasteiger partial charge >= 0.3 is 5.97 Å². The number of para-hydroxylation sites is 1. The fourth-order valence-electron chi connectivity index (χ4n) is 2.49. The van der Waals surface area contributed by atoms with Crippen LogP contribution in [0.15, 0.2) is 53.1 Å². The molecular weight excluding hydrogens is 398 g/mol. The summed E-state index contributed by atoms with van der Waals surface area (Å²) in [4.78, 5) is 16.5. The molecule has 0 saturated carbocycles. The molecule has 0 aliphatic rings. The number of nitrogens with one attached hydrogen (secondary N) is 1. The number of hydrogen-bond donors (Lipinski definition) is 1. The molecule has 0 saturated heterocycles. The Hall–Kier alpha value is -3.40. The van der Waals surface area contributed by atoms with Gasteiger partial charge in [-0.05, 0) is 37.3 Å². The van der Waals surface area contributed by atoms with E-state index in [1.165, 1.54) is 18.2 Å². The van der Waals surface area contributed by atoms with Crippen molar-refractivity contribution in [2.45, 2.75) is 13.5 Å². The summed E-state index contributed by atoms with van der Waals surface area (Å²) in [6.45, 7) is 2.14. The lowest BCUT2D eigenvalue weighted by Gasteiger charge is -2.06. The van der Waals surface area contributed by atoms with Gasteiger partial charge in [0.25, 0.3) is 5.89 Å². The van der Waals surface area contributed by atoms with Gasteiger partial charge in [-0.15, -0.1) is 0 Å². The molecule has 9 nitrogen and oxygen atoms in total. The zero-order valence-electron chi connectivity index (χ0n) is 15.8. The van der Waals surface area contributed by atoms with Crippen molar-refractivity contribution >= 4 is 21.7 Å². The third kappa shape index (κ3) is 5.55. The largest absolute Gasteiger partial charge is 0.493 e. The fraction of sp³-hybridized carbons (Fsp3) is 0.211. The average molecular weight is 417 g/mol. The average Bonchev–Trinajstić information content (AvgIpc) is 3.14. The molecule has 0 spiro atoms. The first-order valence-corrected chi connectivity index (χ1v) is 10.5. The standard InChI is InChI=1S/C19H19N3O6S/c1-3-26-16-10-5-4-9-15(16)18-20-17(28-21-18)12-27-19(23)13-7-6-8-14(11-13)22-29(2,24)25/h4-11,22H,3,12H2,1-2H3. The Morgan fingerprint density at radius 1 is 1.17 bits per heavy atom. The van der Waals surface area contributed by atoms with E-state index in [1.54, 1.807) is 18.2 Å². The number of carbonyl (C=O) groups excluding carboxylic acids is 1. The molecule has 29 heavy (non-hydrogen) atoms. The van der Waals surface area contributed by atoms with E-state index in [2.05, 4.69) is 14.9 Å². The minimum atomic E-state index is -3.45. The molecule has 0 bridgehead atoms. The van der Waals surface area contributed by atoms with Crippen molar-refractivity contribution in [1.29, 1.82) is 0 Å². The number of aromatic nitrogens is 2. The third-order valence-electron chi connectivity index (χ3n) is 3.62. The minimum Gasteiger partial charge on any atom is -0.493 e. The van der Waals surface area contributed by atoms with E-state index < -0.39 is 16.0 Å². The van der Waals surface area contributed by atoms with E-state index in [9.17, 15) is 13.2 Å². The fourth-order valence-corrected chi connectivity index (χ4v) is 3.05. The first kappa shape index (κ1) is 20.3. The van der Waals surface area contributed by atoms with Crippen molar-refractivity contribution in [2.24, 2.45) is 0 Å². The Labute approximate surface area is 167 Å². The van der Waals surface area contributed by atoms with Crippen LogP contribution in [0.4, 0.5) is 5.69 Å². The first-order chi connectivity index (χ1) is 13.9. The highest BCUT2D eigenvalue weighted by atomic mass is 32.2. The monoisotopic (exact) mass is 417 g/mol. The number of rotatable bonds is 8. The maximum atomic E-state index is 12.2. The zero-order chi connectivity index (χ0) is 20.9. The predicted octanol–water partition coefficient (Wildman–Crippen LogP) is 2.86. The molecule has 152 valence electrons. The van der Waals surface area contributed by atoms with Crippen LogP contribution in [0, 0.1) is 0 Å². The van der Waals surface area contributed by atoms with Crippen LogP contribution in [0.1, 0.15) is 23.2 Å². The quantitative estimate of drug-likeness (QED) is 0.556. The number of esters is 1.